The van der Waals surface area contributed by atoms with Crippen molar-refractivity contribution in [3.63, 3.8) is 0 Å². The first-order valence-electron chi connectivity index (χ1n) is 10.0. The van der Waals surface area contributed by atoms with Gasteiger partial charge in [-0.2, -0.15) is 0 Å². The average Bonchev–Trinajstić information content (AvgIpc) is 3.36. The Balaban J connectivity index is 1.43. The van der Waals surface area contributed by atoms with E-state index in [0.717, 1.165) is 21.5 Å². The third-order valence-corrected chi connectivity index (χ3v) is 8.62. The van der Waals surface area contributed by atoms with Gasteiger partial charge < -0.3 is 0 Å². The first kappa shape index (κ1) is 18.5. The van der Waals surface area contributed by atoms with Gasteiger partial charge in [0.15, 0.2) is 0 Å². The molecule has 148 valence electrons. The van der Waals surface area contributed by atoms with E-state index in [-0.39, 0.29) is 17.1 Å². The van der Waals surface area contributed by atoms with E-state index < -0.39 is 20.4 Å². The minimum absolute atomic E-state index is 0.169. The van der Waals surface area contributed by atoms with Gasteiger partial charge in [-0.3, -0.25) is 0 Å². The van der Waals surface area contributed by atoms with Crippen LogP contribution >= 0.6 is 0 Å². The van der Waals surface area contributed by atoms with Gasteiger partial charge in [-0.25, -0.2) is 0 Å². The fraction of sp³-hybridized carbons (Fsp3) is 0.0385. The average molecular weight is 516 g/mol. The molecule has 4 aromatic rings. The molecule has 0 fully saturated rings. The van der Waals surface area contributed by atoms with Crippen LogP contribution in [0.2, 0.25) is 0 Å². The molecular formula is C26H16N2O2Te. The van der Waals surface area contributed by atoms with E-state index in [1.54, 1.807) is 24.3 Å². The first-order valence-corrected chi connectivity index (χ1v) is 12.4. The molecule has 1 aliphatic heterocycles. The predicted octanol–water partition coefficient (Wildman–Crippen LogP) is 4.98. The molecule has 0 N–H and O–H groups in total. The summed E-state index contributed by atoms with van der Waals surface area (Å²) in [5, 5.41) is 0. The third-order valence-electron chi connectivity index (χ3n) is 5.72. The number of carbonyl (C=O) groups is 2. The standard InChI is InChI=1S/C26H16N2O2Te/c29-24-19-8-2-3-9-20(19)25(30)21(24)15-18-11-12-23(31-18)28-22-10-4-1-6-16(22)14-17-7-5-13-27-26(17)28/h1-13,15H,14H2. The van der Waals surface area contributed by atoms with E-state index in [2.05, 4.69) is 46.3 Å². The number of fused-ring (bicyclic) bond motifs is 3. The molecule has 2 aromatic carbocycles. The fourth-order valence-electron chi connectivity index (χ4n) is 4.28. The van der Waals surface area contributed by atoms with Crippen LogP contribution in [0.25, 0.3) is 6.08 Å². The molecular weight excluding hydrogens is 500 g/mol. The van der Waals surface area contributed by atoms with Crippen LogP contribution in [0.1, 0.15) is 35.4 Å². The van der Waals surface area contributed by atoms with E-state index >= 15 is 0 Å². The number of hydrogen-bond acceptors (Lipinski definition) is 4. The molecule has 0 saturated heterocycles. The molecule has 0 bridgehead atoms. The molecule has 5 heteroatoms. The van der Waals surface area contributed by atoms with Crippen LogP contribution in [0.5, 0.6) is 0 Å². The molecule has 31 heavy (non-hydrogen) atoms. The molecule has 6 rings (SSSR count). The van der Waals surface area contributed by atoms with Crippen LogP contribution in [0.4, 0.5) is 15.2 Å². The number of benzene rings is 2. The number of hydrogen-bond donors (Lipinski definition) is 0. The van der Waals surface area contributed by atoms with Crippen LogP contribution < -0.4 is 4.90 Å². The van der Waals surface area contributed by atoms with Crippen LogP contribution in [-0.4, -0.2) is 37.0 Å². The number of anilines is 3. The SMILES string of the molecule is O=C1C(=Cc2ccc(N3c4ccccc4Cc4cccnc43)[te]2)C(=O)c2ccccc21. The maximum absolute atomic E-state index is 12.8. The van der Waals surface area contributed by atoms with E-state index in [0.29, 0.717) is 11.1 Å². The van der Waals surface area contributed by atoms with Crippen LogP contribution in [0, 0.1) is 0 Å². The summed E-state index contributed by atoms with van der Waals surface area (Å²) in [7, 11) is 0. The Morgan fingerprint density at radius 1 is 0.806 bits per heavy atom. The second kappa shape index (κ2) is 7.16. The molecule has 0 radical (unpaired) electrons. The zero-order chi connectivity index (χ0) is 20.9. The summed E-state index contributed by atoms with van der Waals surface area (Å²) in [6.07, 6.45) is 4.51. The summed E-state index contributed by atoms with van der Waals surface area (Å²) in [4.78, 5) is 32.5. The van der Waals surface area contributed by atoms with Crippen molar-refractivity contribution in [1.29, 1.82) is 0 Å². The van der Waals surface area contributed by atoms with Crippen molar-refractivity contribution in [2.45, 2.75) is 6.42 Å². The summed E-state index contributed by atoms with van der Waals surface area (Å²) in [5.74, 6) is 0.635. The minimum atomic E-state index is -0.792. The van der Waals surface area contributed by atoms with Gasteiger partial charge in [-0.15, -0.1) is 0 Å². The fourth-order valence-corrected chi connectivity index (χ4v) is 7.03. The Bertz CT molecular complexity index is 1330. The zero-order valence-electron chi connectivity index (χ0n) is 16.4. The van der Waals surface area contributed by atoms with E-state index in [4.69, 9.17) is 0 Å². The molecule has 0 atom stereocenters. The second-order valence-corrected chi connectivity index (χ2v) is 10.7. The summed E-state index contributed by atoms with van der Waals surface area (Å²) < 4.78 is 2.28. The number of carbonyl (C=O) groups excluding carboxylic acids is 2. The van der Waals surface area contributed by atoms with Crippen molar-refractivity contribution in [3.05, 3.63) is 110 Å². The quantitative estimate of drug-likeness (QED) is 0.189. The van der Waals surface area contributed by atoms with Gasteiger partial charge in [0.05, 0.1) is 0 Å². The molecule has 0 spiro atoms. The van der Waals surface area contributed by atoms with Gasteiger partial charge >= 0.3 is 190 Å². The third kappa shape index (κ3) is 2.93. The Kier molecular flexibility index (Phi) is 4.27. The second-order valence-electron chi connectivity index (χ2n) is 7.56. The summed E-state index contributed by atoms with van der Waals surface area (Å²) in [6.45, 7) is 0. The number of ketones is 2. The first-order chi connectivity index (χ1) is 15.2. The van der Waals surface area contributed by atoms with Gasteiger partial charge in [-0.1, -0.05) is 0 Å². The number of nitrogens with zero attached hydrogens (tertiary/aromatic N) is 2. The normalized spacial score (nSPS) is 14.3. The van der Waals surface area contributed by atoms with E-state index in [1.807, 2.05) is 24.4 Å². The Morgan fingerprint density at radius 3 is 2.32 bits per heavy atom. The van der Waals surface area contributed by atoms with Crippen molar-refractivity contribution in [1.82, 2.24) is 4.98 Å². The zero-order valence-corrected chi connectivity index (χ0v) is 18.7. The molecule has 3 heterocycles. The van der Waals surface area contributed by atoms with E-state index in [1.165, 1.54) is 14.8 Å². The molecule has 4 nitrogen and oxygen atoms in total. The molecule has 0 unspecified atom stereocenters. The van der Waals surface area contributed by atoms with Crippen molar-refractivity contribution < 1.29 is 9.59 Å². The maximum atomic E-state index is 12.8. The van der Waals surface area contributed by atoms with Gasteiger partial charge in [0, 0.05) is 0 Å². The number of para-hydroxylation sites is 1. The number of aromatic nitrogens is 1. The Morgan fingerprint density at radius 2 is 1.52 bits per heavy atom. The van der Waals surface area contributed by atoms with Crippen molar-refractivity contribution in [2.75, 3.05) is 4.90 Å². The van der Waals surface area contributed by atoms with Crippen LogP contribution in [0.15, 0.2) is 84.6 Å². The van der Waals surface area contributed by atoms with E-state index in [9.17, 15) is 9.59 Å². The Labute approximate surface area is 189 Å². The van der Waals surface area contributed by atoms with Gasteiger partial charge in [0.2, 0.25) is 0 Å². The monoisotopic (exact) mass is 518 g/mol. The van der Waals surface area contributed by atoms with Crippen LogP contribution in [-0.2, 0) is 6.42 Å². The summed E-state index contributed by atoms with van der Waals surface area (Å²) >= 11 is -0.792. The predicted molar refractivity (Wildman–Crippen MR) is 122 cm³/mol. The molecule has 0 saturated carbocycles. The van der Waals surface area contributed by atoms with Gasteiger partial charge in [-0.05, 0) is 0 Å². The topological polar surface area (TPSA) is 50.3 Å². The van der Waals surface area contributed by atoms with Crippen molar-refractivity contribution >= 4 is 53.3 Å². The van der Waals surface area contributed by atoms with Crippen molar-refractivity contribution in [2.24, 2.45) is 0 Å². The van der Waals surface area contributed by atoms with Gasteiger partial charge in [0.25, 0.3) is 0 Å². The number of Topliss-reactive ketones (excluding diaryl/α,β-unsaturated/α-hetero) is 2. The van der Waals surface area contributed by atoms with Gasteiger partial charge in [0.1, 0.15) is 0 Å². The summed E-state index contributed by atoms with van der Waals surface area (Å²) in [5.41, 5.74) is 4.94. The molecule has 0 amide bonds. The summed E-state index contributed by atoms with van der Waals surface area (Å²) in [6, 6.07) is 23.8. The molecule has 1 aliphatic carbocycles. The van der Waals surface area contributed by atoms with Crippen molar-refractivity contribution in [3.8, 4) is 0 Å². The number of allylic oxidation sites excluding steroid dienone is 1. The number of rotatable bonds is 2. The molecule has 2 aromatic heterocycles. The van der Waals surface area contributed by atoms with Crippen LogP contribution in [0.3, 0.4) is 0 Å². The molecule has 2 aliphatic rings. The Hall–Kier alpha value is -3.26. The number of pyridine rings is 1.